The van der Waals surface area contributed by atoms with E-state index in [1.165, 1.54) is 0 Å². The van der Waals surface area contributed by atoms with Crippen LogP contribution in [0.15, 0.2) is 12.7 Å². The first-order chi connectivity index (χ1) is 6.25. The fourth-order valence-corrected chi connectivity index (χ4v) is 1.01. The van der Waals surface area contributed by atoms with Crippen LogP contribution in [0, 0.1) is 6.92 Å². The lowest BCUT2D eigenvalue weighted by Crippen LogP contribution is -2.17. The fraction of sp³-hybridized carbons (Fsp3) is 0.556. The molecule has 0 aliphatic heterocycles. The molecule has 0 atom stereocenters. The van der Waals surface area contributed by atoms with E-state index in [-0.39, 0.29) is 0 Å². The monoisotopic (exact) mass is 180 g/mol. The molecule has 0 bridgehead atoms. The van der Waals surface area contributed by atoms with Gasteiger partial charge in [0.2, 0.25) is 0 Å². The van der Waals surface area contributed by atoms with Crippen molar-refractivity contribution in [2.45, 2.75) is 19.9 Å². The summed E-state index contributed by atoms with van der Waals surface area (Å²) in [6, 6.07) is 0. The van der Waals surface area contributed by atoms with Crippen LogP contribution in [0.25, 0.3) is 0 Å². The summed E-state index contributed by atoms with van der Waals surface area (Å²) < 4.78 is 1.99. The summed E-state index contributed by atoms with van der Waals surface area (Å²) in [5.41, 5.74) is 0. The number of nitrogens with one attached hydrogen (secondary N) is 1. The third-order valence-corrected chi connectivity index (χ3v) is 1.99. The van der Waals surface area contributed by atoms with Gasteiger partial charge in [0.1, 0.15) is 11.6 Å². The standard InChI is InChI=1S/C9H16N4/c1-4-5-6-10-7-9-12-11-8(2)13(9)3/h4,10H,1,5-7H2,2-3H3. The lowest BCUT2D eigenvalue weighted by atomic mass is 10.4. The van der Waals surface area contributed by atoms with E-state index in [1.54, 1.807) is 0 Å². The van der Waals surface area contributed by atoms with Gasteiger partial charge in [-0.3, -0.25) is 0 Å². The molecule has 1 rings (SSSR count). The Morgan fingerprint density at radius 3 is 2.85 bits per heavy atom. The van der Waals surface area contributed by atoms with Crippen molar-refractivity contribution in [2.75, 3.05) is 6.54 Å². The first-order valence-corrected chi connectivity index (χ1v) is 4.42. The highest BCUT2D eigenvalue weighted by atomic mass is 15.3. The van der Waals surface area contributed by atoms with Crippen LogP contribution in [0.4, 0.5) is 0 Å². The third kappa shape index (κ3) is 2.66. The van der Waals surface area contributed by atoms with E-state index in [2.05, 4.69) is 22.1 Å². The Morgan fingerprint density at radius 1 is 1.54 bits per heavy atom. The van der Waals surface area contributed by atoms with Gasteiger partial charge >= 0.3 is 0 Å². The van der Waals surface area contributed by atoms with E-state index in [1.807, 2.05) is 24.6 Å². The molecular formula is C9H16N4. The summed E-state index contributed by atoms with van der Waals surface area (Å²) >= 11 is 0. The zero-order valence-electron chi connectivity index (χ0n) is 8.25. The number of rotatable bonds is 5. The Bertz CT molecular complexity index is 277. The van der Waals surface area contributed by atoms with Crippen molar-refractivity contribution in [1.29, 1.82) is 0 Å². The van der Waals surface area contributed by atoms with Gasteiger partial charge in [-0.25, -0.2) is 0 Å². The van der Waals surface area contributed by atoms with Crippen molar-refractivity contribution in [3.63, 3.8) is 0 Å². The van der Waals surface area contributed by atoms with Gasteiger partial charge in [0, 0.05) is 7.05 Å². The Hall–Kier alpha value is -1.16. The van der Waals surface area contributed by atoms with Gasteiger partial charge in [0.25, 0.3) is 0 Å². The predicted molar refractivity (Wildman–Crippen MR) is 52.3 cm³/mol. The Morgan fingerprint density at radius 2 is 2.31 bits per heavy atom. The minimum atomic E-state index is 0.769. The zero-order chi connectivity index (χ0) is 9.68. The maximum Gasteiger partial charge on any atom is 0.146 e. The van der Waals surface area contributed by atoms with Gasteiger partial charge in [-0.2, -0.15) is 0 Å². The van der Waals surface area contributed by atoms with Crippen molar-refractivity contribution in [2.24, 2.45) is 7.05 Å². The average Bonchev–Trinajstić information content (AvgIpc) is 2.43. The van der Waals surface area contributed by atoms with Gasteiger partial charge < -0.3 is 9.88 Å². The van der Waals surface area contributed by atoms with Gasteiger partial charge in [0.05, 0.1) is 6.54 Å². The Labute approximate surface area is 78.7 Å². The van der Waals surface area contributed by atoms with E-state index >= 15 is 0 Å². The first kappa shape index (κ1) is 9.92. The molecule has 1 aromatic rings. The highest BCUT2D eigenvalue weighted by molar-refractivity contribution is 4.91. The van der Waals surface area contributed by atoms with Gasteiger partial charge in [-0.05, 0) is 19.9 Å². The lowest BCUT2D eigenvalue weighted by Gasteiger charge is -2.02. The largest absolute Gasteiger partial charge is 0.317 e. The number of nitrogens with zero attached hydrogens (tertiary/aromatic N) is 3. The van der Waals surface area contributed by atoms with Crippen LogP contribution in [-0.4, -0.2) is 21.3 Å². The van der Waals surface area contributed by atoms with Crippen LogP contribution in [0.5, 0.6) is 0 Å². The zero-order valence-corrected chi connectivity index (χ0v) is 8.25. The van der Waals surface area contributed by atoms with E-state index in [4.69, 9.17) is 0 Å². The molecule has 0 radical (unpaired) electrons. The van der Waals surface area contributed by atoms with Crippen molar-refractivity contribution in [1.82, 2.24) is 20.1 Å². The predicted octanol–water partition coefficient (Wildman–Crippen LogP) is 0.789. The summed E-state index contributed by atoms with van der Waals surface area (Å²) in [5, 5.41) is 11.3. The molecular weight excluding hydrogens is 164 g/mol. The van der Waals surface area contributed by atoms with Crippen molar-refractivity contribution < 1.29 is 0 Å². The van der Waals surface area contributed by atoms with Crippen LogP contribution >= 0.6 is 0 Å². The molecule has 4 nitrogen and oxygen atoms in total. The van der Waals surface area contributed by atoms with Gasteiger partial charge in [-0.15, -0.1) is 16.8 Å². The number of aryl methyl sites for hydroxylation is 1. The van der Waals surface area contributed by atoms with Crippen LogP contribution in [0.1, 0.15) is 18.1 Å². The number of hydrogen-bond donors (Lipinski definition) is 1. The molecule has 0 spiro atoms. The van der Waals surface area contributed by atoms with Crippen LogP contribution < -0.4 is 5.32 Å². The molecule has 0 amide bonds. The maximum atomic E-state index is 4.04. The topological polar surface area (TPSA) is 42.7 Å². The second-order valence-corrected chi connectivity index (χ2v) is 2.98. The Kier molecular flexibility index (Phi) is 3.64. The van der Waals surface area contributed by atoms with E-state index < -0.39 is 0 Å². The molecule has 4 heteroatoms. The minimum Gasteiger partial charge on any atom is -0.317 e. The Balaban J connectivity index is 2.36. The molecule has 0 fully saturated rings. The fourth-order valence-electron chi connectivity index (χ4n) is 1.01. The van der Waals surface area contributed by atoms with Crippen LogP contribution in [-0.2, 0) is 13.6 Å². The van der Waals surface area contributed by atoms with E-state index in [0.717, 1.165) is 31.2 Å². The van der Waals surface area contributed by atoms with Gasteiger partial charge in [0.15, 0.2) is 0 Å². The maximum absolute atomic E-state index is 4.04. The van der Waals surface area contributed by atoms with E-state index in [0.29, 0.717) is 0 Å². The smallest absolute Gasteiger partial charge is 0.146 e. The van der Waals surface area contributed by atoms with Crippen LogP contribution in [0.3, 0.4) is 0 Å². The number of hydrogen-bond acceptors (Lipinski definition) is 3. The van der Waals surface area contributed by atoms with Gasteiger partial charge in [-0.1, -0.05) is 6.08 Å². The second-order valence-electron chi connectivity index (χ2n) is 2.98. The molecule has 72 valence electrons. The molecule has 0 aromatic carbocycles. The molecule has 0 aliphatic rings. The number of aromatic nitrogens is 3. The average molecular weight is 180 g/mol. The molecule has 0 saturated carbocycles. The molecule has 0 saturated heterocycles. The van der Waals surface area contributed by atoms with Crippen molar-refractivity contribution in [3.8, 4) is 0 Å². The molecule has 1 aromatic heterocycles. The van der Waals surface area contributed by atoms with Crippen LogP contribution in [0.2, 0.25) is 0 Å². The lowest BCUT2D eigenvalue weighted by molar-refractivity contribution is 0.638. The molecule has 1 heterocycles. The summed E-state index contributed by atoms with van der Waals surface area (Å²) in [6.07, 6.45) is 2.88. The summed E-state index contributed by atoms with van der Waals surface area (Å²) in [5.74, 6) is 1.92. The van der Waals surface area contributed by atoms with Crippen molar-refractivity contribution in [3.05, 3.63) is 24.3 Å². The molecule has 0 aliphatic carbocycles. The summed E-state index contributed by atoms with van der Waals surface area (Å²) in [7, 11) is 1.97. The summed E-state index contributed by atoms with van der Waals surface area (Å²) in [4.78, 5) is 0. The second kappa shape index (κ2) is 4.77. The highest BCUT2D eigenvalue weighted by Gasteiger charge is 2.02. The quantitative estimate of drug-likeness (QED) is 0.538. The third-order valence-electron chi connectivity index (χ3n) is 1.99. The minimum absolute atomic E-state index is 0.769. The van der Waals surface area contributed by atoms with E-state index in [9.17, 15) is 0 Å². The normalized spacial score (nSPS) is 10.3. The first-order valence-electron chi connectivity index (χ1n) is 4.42. The highest BCUT2D eigenvalue weighted by Crippen LogP contribution is 1.96. The molecule has 1 N–H and O–H groups in total. The van der Waals surface area contributed by atoms with Crippen molar-refractivity contribution >= 4 is 0 Å². The summed E-state index contributed by atoms with van der Waals surface area (Å²) in [6.45, 7) is 7.31. The SMILES string of the molecule is C=CCCNCc1nnc(C)n1C. The molecule has 13 heavy (non-hydrogen) atoms. The molecule has 0 unspecified atom stereocenters.